The van der Waals surface area contributed by atoms with Crippen LogP contribution in [0.25, 0.3) is 6.15 Å². The third-order valence-electron chi connectivity index (χ3n) is 2.93. The molecule has 27 heteroatoms. The van der Waals surface area contributed by atoms with Crippen molar-refractivity contribution < 1.29 is 44.7 Å². The van der Waals surface area contributed by atoms with E-state index in [0.29, 0.717) is 0 Å². The second kappa shape index (κ2) is 46.9. The van der Waals surface area contributed by atoms with Crippen LogP contribution in [0.3, 0.4) is 0 Å². The first-order valence-corrected chi connectivity index (χ1v) is 33.6. The highest BCUT2D eigenvalue weighted by Crippen LogP contribution is 1.92. The summed E-state index contributed by atoms with van der Waals surface area (Å²) in [6.45, 7) is 16.3. The van der Waals surface area contributed by atoms with Gasteiger partial charge in [0, 0.05) is 1.43 Å². The first kappa shape index (κ1) is 68.2. The molecule has 23 N–H and O–H groups in total. The average molecular weight is 820 g/mol. The number of hydrogen-bond acceptors (Lipinski definition) is 10. The zero-order chi connectivity index (χ0) is 27.8. The van der Waals surface area contributed by atoms with Gasteiger partial charge in [-0.15, -0.1) is 11.1 Å². The lowest BCUT2D eigenvalue weighted by Crippen LogP contribution is -3.03. The molecule has 13 nitrogen and oxygen atoms in total. The van der Waals surface area contributed by atoms with E-state index in [-0.39, 0.29) is 52.4 Å². The molecule has 0 aromatic heterocycles. The summed E-state index contributed by atoms with van der Waals surface area (Å²) in [4.78, 5) is 9.53. The maximum Gasteiger partial charge on any atom is 0.328 e. The summed E-state index contributed by atoms with van der Waals surface area (Å²) >= 11 is 16.2. The monoisotopic (exact) mass is 816 g/mol. The molecule has 6 unspecified atom stereocenters. The Bertz CT molecular complexity index is 373. The summed E-state index contributed by atoms with van der Waals surface area (Å²) in [6.07, 6.45) is 0. The smallest absolute Gasteiger partial charge is 0.328 e. The van der Waals surface area contributed by atoms with Crippen molar-refractivity contribution in [2.24, 2.45) is 27.0 Å². The molecular formula is C11H68Cl6N13Si8-. The van der Waals surface area contributed by atoms with E-state index in [9.17, 15) is 0 Å². The van der Waals surface area contributed by atoms with Gasteiger partial charge in [-0.05, 0) is 73.5 Å². The molecule has 0 aromatic carbocycles. The van der Waals surface area contributed by atoms with Crippen LogP contribution in [0.15, 0.2) is 0 Å². The van der Waals surface area contributed by atoms with Crippen LogP contribution in [0.1, 0.15) is 2.85 Å². The molecule has 0 saturated carbocycles. The number of nitrogens with two attached hydrogens (primary N) is 7. The molecule has 0 rings (SSSR count). The maximum absolute atomic E-state index is 5.81. The lowest BCUT2D eigenvalue weighted by atomic mass is 11.6. The van der Waals surface area contributed by atoms with Gasteiger partial charge in [-0.1, -0.05) is 0 Å². The molecule has 0 radical (unpaired) electrons. The summed E-state index contributed by atoms with van der Waals surface area (Å²) < 4.78 is 8.85. The fourth-order valence-corrected chi connectivity index (χ4v) is 15.2. The van der Waals surface area contributed by atoms with E-state index >= 15 is 0 Å². The molecule has 0 spiro atoms. The Balaban J connectivity index is -0.0000000241. The van der Waals surface area contributed by atoms with Crippen molar-refractivity contribution >= 4 is 103 Å². The van der Waals surface area contributed by atoms with Gasteiger partial charge in [0.1, 0.15) is 0 Å². The van der Waals surface area contributed by atoms with Gasteiger partial charge in [0.25, 0.3) is 7.71 Å². The van der Waals surface area contributed by atoms with Gasteiger partial charge in [0.15, 0.2) is 36.5 Å². The van der Waals surface area contributed by atoms with Crippen molar-refractivity contribution in [3.8, 4) is 0 Å². The molecule has 0 aromatic rings. The molecule has 252 valence electrons. The number of quaternary nitrogens is 2. The highest BCUT2D eigenvalue weighted by molar-refractivity contribution is 7.33. The van der Waals surface area contributed by atoms with E-state index in [1.54, 1.807) is 0 Å². The standard InChI is InChI=1S/C3H14ClN3Si2.C3H16N3Si2.C3H15N3Si2.CH4Cl2Si.CH8N2Si.ClH2.2ClH.H3N.H2N.H2.H/c1-6-8(2)7-9(3,4)5;2*1-5-8(3)6-7(2)4;2*1-4(2)3;;;;;;;/h6-8H,5H2,1-3H3;5,7-8H,4,6H2,1-3H3;5-8H,4H2,1-3H3;4H,1H3;4H,2-3H2,1H3;1H2;2*1H;1H3;1H2;1H;/q;+1;;;;+1;;;;-1;;-1/p-1. The van der Waals surface area contributed by atoms with Gasteiger partial charge in [0.2, 0.25) is 7.42 Å². The molecule has 0 bridgehead atoms. The van der Waals surface area contributed by atoms with Gasteiger partial charge >= 0.3 is 18.2 Å². The van der Waals surface area contributed by atoms with E-state index in [1.807, 2.05) is 40.8 Å². The predicted molar refractivity (Wildman–Crippen MR) is 194 cm³/mol. The molecule has 0 saturated heterocycles. The molecule has 0 fully saturated rings. The molecule has 6 atom stereocenters. The van der Waals surface area contributed by atoms with Crippen LogP contribution >= 0.6 is 33.2 Å². The summed E-state index contributed by atoms with van der Waals surface area (Å²) in [7, 11) is -2.81. The third-order valence-corrected chi connectivity index (χ3v) is 19.4. The highest BCUT2D eigenvalue weighted by Gasteiger charge is 2.20. The fraction of sp³-hybridized carbons (Fsp3) is 1.00. The quantitative estimate of drug-likeness (QED) is 0.0772. The van der Waals surface area contributed by atoms with Crippen molar-refractivity contribution in [2.75, 3.05) is 21.1 Å². The van der Waals surface area contributed by atoms with Crippen LogP contribution in [0.4, 0.5) is 0 Å². The van der Waals surface area contributed by atoms with Crippen LogP contribution in [-0.4, -0.2) is 91.0 Å². The van der Waals surface area contributed by atoms with E-state index in [1.165, 1.54) is 0 Å². The van der Waals surface area contributed by atoms with Gasteiger partial charge in [-0.2, -0.15) is 22.2 Å². The van der Waals surface area contributed by atoms with E-state index in [0.717, 1.165) is 0 Å². The molecule has 0 heterocycles. The SMILES string of the molecule is CN[SiH](C)N[SiH](C)N.CN[SiH](C)N[Si](C)(N)Cl.CN[SiH](C)[NH2+][SiH](C)N.C[SiH](Cl)Cl.C[SiH](N)N.[Cl-].[Cl-].[ClH2+].[H-].[HH].[NH2-].[NH4+]. The third kappa shape index (κ3) is 116. The van der Waals surface area contributed by atoms with Crippen LogP contribution < -0.4 is 86.9 Å². The van der Waals surface area contributed by atoms with Crippen molar-refractivity contribution in [1.82, 2.24) is 30.4 Å². The van der Waals surface area contributed by atoms with Gasteiger partial charge in [-0.3, -0.25) is 4.98 Å². The zero-order valence-corrected chi connectivity index (χ0v) is 39.2. The van der Waals surface area contributed by atoms with Gasteiger partial charge < -0.3 is 89.4 Å². The Labute approximate surface area is 282 Å². The maximum atomic E-state index is 5.81. The first-order valence-electron chi connectivity index (χ1n) is 10.9. The second-order valence-corrected chi connectivity index (χ2v) is 33.1. The summed E-state index contributed by atoms with van der Waals surface area (Å²) in [5.41, 5.74) is 0. The topological polar surface area (TPSA) is 277 Å². The Morgan fingerprint density at radius 2 is 1.11 bits per heavy atom. The summed E-state index contributed by atoms with van der Waals surface area (Å²) in [5.74, 6) is 0. The average Bonchev–Trinajstić information content (AvgIpc) is 2.59. The van der Waals surface area contributed by atoms with Crippen LogP contribution in [0, 0.1) is 12.4 Å². The minimum atomic E-state index is -2.02. The van der Waals surface area contributed by atoms with E-state index in [2.05, 4.69) is 61.6 Å². The molecule has 0 amide bonds. The van der Waals surface area contributed by atoms with Crippen molar-refractivity contribution in [3.63, 3.8) is 0 Å². The van der Waals surface area contributed by atoms with E-state index < -0.39 is 69.8 Å². The fourth-order valence-electron chi connectivity index (χ4n) is 1.52. The minimum Gasteiger partial charge on any atom is -1.00 e. The number of nitrogens with one attached hydrogen (secondary N) is 5. The van der Waals surface area contributed by atoms with Crippen molar-refractivity contribution in [2.45, 2.75) is 52.4 Å². The molecule has 0 aliphatic rings. The lowest BCUT2D eigenvalue weighted by molar-refractivity contribution is -0.371. The number of halogens is 6. The molecule has 0 aliphatic carbocycles. The van der Waals surface area contributed by atoms with Gasteiger partial charge in [0.05, 0.1) is 12.4 Å². The van der Waals surface area contributed by atoms with Crippen LogP contribution in [-0.2, 0) is 0 Å². The predicted octanol–water partition coefficient (Wildman–Crippen LogP) is -9.71. The summed E-state index contributed by atoms with van der Waals surface area (Å²) in [6, 6.07) is 0. The zero-order valence-electron chi connectivity index (χ0n) is 26.4. The van der Waals surface area contributed by atoms with E-state index in [4.69, 9.17) is 60.2 Å². The summed E-state index contributed by atoms with van der Waals surface area (Å²) in [5, 5.41) is 26.9. The van der Waals surface area contributed by atoms with Crippen LogP contribution in [0.5, 0.6) is 0 Å². The Morgan fingerprint density at radius 1 is 0.816 bits per heavy atom. The minimum absolute atomic E-state index is 0. The Morgan fingerprint density at radius 3 is 1.18 bits per heavy atom. The second-order valence-electron chi connectivity index (χ2n) is 7.70. The Hall–Kier alpha value is 2.96. The number of rotatable bonds is 9. The molecular weight excluding hydrogens is 752 g/mol. The normalized spacial score (nSPS) is 14.4. The van der Waals surface area contributed by atoms with Gasteiger partial charge in [-0.25, -0.2) is 0 Å². The van der Waals surface area contributed by atoms with Crippen molar-refractivity contribution in [3.05, 3.63) is 6.15 Å². The van der Waals surface area contributed by atoms with Crippen LogP contribution in [0.2, 0.25) is 52.4 Å². The lowest BCUT2D eigenvalue weighted by Gasteiger charge is -2.18. The van der Waals surface area contributed by atoms with Crippen molar-refractivity contribution in [1.29, 1.82) is 0 Å². The highest BCUT2D eigenvalue weighted by atomic mass is 35.7. The molecule has 38 heavy (non-hydrogen) atoms. The molecule has 0 aliphatic heterocycles. The Kier molecular flexibility index (Phi) is 84.2. The largest absolute Gasteiger partial charge is 1.00 e. The first-order chi connectivity index (χ1) is 14.7. The number of hydrogen-bond donors (Lipinski definition) is 12.